The lowest BCUT2D eigenvalue weighted by molar-refractivity contribution is -0.150. The summed E-state index contributed by atoms with van der Waals surface area (Å²) in [6.45, 7) is 5.53. The highest BCUT2D eigenvalue weighted by Crippen LogP contribution is 2.45. The number of unbranched alkanes of at least 4 members (excludes halogenated alkanes) is 15. The summed E-state index contributed by atoms with van der Waals surface area (Å²) in [7, 11) is 4.13. The summed E-state index contributed by atoms with van der Waals surface area (Å²) in [5.41, 5.74) is 0. The Labute approximate surface area is 233 Å². The quantitative estimate of drug-likeness (QED) is 0.0757. The van der Waals surface area contributed by atoms with Gasteiger partial charge in [-0.2, -0.15) is 0 Å². The van der Waals surface area contributed by atoms with Crippen LogP contribution in [0.3, 0.4) is 0 Å². The first-order valence-electron chi connectivity index (χ1n) is 16.9. The first-order chi connectivity index (χ1) is 18.1. The van der Waals surface area contributed by atoms with Crippen LogP contribution in [-0.4, -0.2) is 37.6 Å². The maximum Gasteiger partial charge on any atom is 0.306 e. The van der Waals surface area contributed by atoms with E-state index in [9.17, 15) is 4.79 Å². The molecule has 0 radical (unpaired) electrons. The minimum absolute atomic E-state index is 0.0229. The summed E-state index contributed by atoms with van der Waals surface area (Å²) in [4.78, 5) is 14.5. The summed E-state index contributed by atoms with van der Waals surface area (Å²) >= 11 is 0. The van der Waals surface area contributed by atoms with Crippen LogP contribution in [0, 0.1) is 11.8 Å². The van der Waals surface area contributed by atoms with Crippen molar-refractivity contribution in [3.05, 3.63) is 0 Å². The lowest BCUT2D eigenvalue weighted by Crippen LogP contribution is -2.20. The smallest absolute Gasteiger partial charge is 0.306 e. The van der Waals surface area contributed by atoms with Crippen LogP contribution in [0.25, 0.3) is 0 Å². The van der Waals surface area contributed by atoms with Crippen molar-refractivity contribution in [2.45, 2.75) is 180 Å². The number of carbonyl (C=O) groups excluding carboxylic acids is 1. The molecule has 3 heteroatoms. The lowest BCUT2D eigenvalue weighted by Gasteiger charge is -2.18. The first kappa shape index (κ1) is 34.5. The number of hydrogen-bond acceptors (Lipinski definition) is 3. The highest BCUT2D eigenvalue weighted by Gasteiger charge is 2.35. The Bertz CT molecular complexity index is 506. The summed E-state index contributed by atoms with van der Waals surface area (Å²) in [5.74, 6) is 2.16. The van der Waals surface area contributed by atoms with E-state index in [0.29, 0.717) is 6.42 Å². The van der Waals surface area contributed by atoms with Crippen molar-refractivity contribution in [2.75, 3.05) is 20.6 Å². The maximum atomic E-state index is 12.4. The molecule has 0 heterocycles. The van der Waals surface area contributed by atoms with Crippen LogP contribution >= 0.6 is 0 Å². The number of carbonyl (C=O) groups is 1. The molecule has 1 rings (SSSR count). The standard InChI is InChI=1S/C34H67NO2/c1-5-7-9-11-13-17-21-26-33(37-34(36)28-23-29-35(3)4)27-22-18-14-16-20-25-32-30-31(32)24-19-15-12-10-8-6-2/h31-33H,5-30H2,1-4H3/t31-,32-,33-/m1/s1. The Hall–Kier alpha value is -0.570. The Morgan fingerprint density at radius 1 is 0.649 bits per heavy atom. The molecule has 0 aromatic heterocycles. The van der Waals surface area contributed by atoms with E-state index in [2.05, 4.69) is 32.8 Å². The van der Waals surface area contributed by atoms with Gasteiger partial charge in [0.05, 0.1) is 0 Å². The van der Waals surface area contributed by atoms with Crippen LogP contribution in [-0.2, 0) is 9.53 Å². The number of hydrogen-bond donors (Lipinski definition) is 0. The molecule has 1 aliphatic carbocycles. The molecular weight excluding hydrogens is 454 g/mol. The molecule has 1 fully saturated rings. The van der Waals surface area contributed by atoms with E-state index in [1.165, 1.54) is 135 Å². The van der Waals surface area contributed by atoms with Crippen LogP contribution in [0.1, 0.15) is 174 Å². The second-order valence-corrected chi connectivity index (χ2v) is 12.6. The maximum absolute atomic E-state index is 12.4. The van der Waals surface area contributed by atoms with Gasteiger partial charge in [0.25, 0.3) is 0 Å². The van der Waals surface area contributed by atoms with Crippen molar-refractivity contribution in [3.63, 3.8) is 0 Å². The summed E-state index contributed by atoms with van der Waals surface area (Å²) in [6, 6.07) is 0. The van der Waals surface area contributed by atoms with Gasteiger partial charge in [0.1, 0.15) is 6.10 Å². The molecule has 0 N–H and O–H groups in total. The number of esters is 1. The van der Waals surface area contributed by atoms with Crippen LogP contribution < -0.4 is 0 Å². The first-order valence-corrected chi connectivity index (χ1v) is 16.9. The van der Waals surface area contributed by atoms with E-state index < -0.39 is 0 Å². The topological polar surface area (TPSA) is 29.5 Å². The van der Waals surface area contributed by atoms with Gasteiger partial charge in [-0.15, -0.1) is 0 Å². The molecule has 3 atom stereocenters. The molecule has 0 aromatic carbocycles. The second-order valence-electron chi connectivity index (χ2n) is 12.6. The number of rotatable bonds is 28. The Kier molecular flexibility index (Phi) is 22.8. The van der Waals surface area contributed by atoms with Crippen molar-refractivity contribution in [2.24, 2.45) is 11.8 Å². The highest BCUT2D eigenvalue weighted by molar-refractivity contribution is 5.69. The van der Waals surface area contributed by atoms with Crippen LogP contribution in [0.5, 0.6) is 0 Å². The molecule has 0 bridgehead atoms. The molecule has 0 aliphatic heterocycles. The van der Waals surface area contributed by atoms with Gasteiger partial charge in [-0.25, -0.2) is 0 Å². The normalized spacial score (nSPS) is 17.9. The minimum Gasteiger partial charge on any atom is -0.462 e. The average molecular weight is 522 g/mol. The molecule has 0 amide bonds. The van der Waals surface area contributed by atoms with E-state index >= 15 is 0 Å². The number of nitrogens with zero attached hydrogens (tertiary/aromatic N) is 1. The van der Waals surface area contributed by atoms with Gasteiger partial charge in [0.2, 0.25) is 0 Å². The van der Waals surface area contributed by atoms with Gasteiger partial charge in [-0.3, -0.25) is 4.79 Å². The molecule has 0 aromatic rings. The molecule has 1 saturated carbocycles. The molecule has 220 valence electrons. The van der Waals surface area contributed by atoms with Crippen LogP contribution in [0.15, 0.2) is 0 Å². The zero-order valence-corrected chi connectivity index (χ0v) is 25.9. The van der Waals surface area contributed by atoms with Gasteiger partial charge in [-0.05, 0) is 71.0 Å². The second kappa shape index (κ2) is 24.5. The van der Waals surface area contributed by atoms with E-state index in [0.717, 1.165) is 37.6 Å². The van der Waals surface area contributed by atoms with E-state index in [1.54, 1.807) is 0 Å². The Balaban J connectivity index is 2.09. The molecule has 1 aliphatic rings. The summed E-state index contributed by atoms with van der Waals surface area (Å²) in [6.07, 6.45) is 32.8. The minimum atomic E-state index is 0.0229. The fourth-order valence-corrected chi connectivity index (χ4v) is 5.89. The SMILES string of the molecule is CCCCCCCCC[C@H](CCCCCCC[C@@H]1C[C@H]1CCCCCCCC)OC(=O)CCCN(C)C. The van der Waals surface area contributed by atoms with E-state index in [4.69, 9.17) is 4.74 Å². The van der Waals surface area contributed by atoms with Crippen LogP contribution in [0.2, 0.25) is 0 Å². The van der Waals surface area contributed by atoms with E-state index in [1.807, 2.05) is 0 Å². The lowest BCUT2D eigenvalue weighted by atomic mass is 10.0. The molecule has 0 unspecified atom stereocenters. The monoisotopic (exact) mass is 522 g/mol. The molecule has 0 spiro atoms. The zero-order valence-electron chi connectivity index (χ0n) is 25.9. The predicted molar refractivity (Wildman–Crippen MR) is 162 cm³/mol. The van der Waals surface area contributed by atoms with Gasteiger partial charge in [0, 0.05) is 6.42 Å². The largest absolute Gasteiger partial charge is 0.462 e. The van der Waals surface area contributed by atoms with Gasteiger partial charge < -0.3 is 9.64 Å². The summed E-state index contributed by atoms with van der Waals surface area (Å²) in [5, 5.41) is 0. The zero-order chi connectivity index (χ0) is 27.0. The van der Waals surface area contributed by atoms with Gasteiger partial charge in [-0.1, -0.05) is 129 Å². The van der Waals surface area contributed by atoms with Crippen molar-refractivity contribution in [3.8, 4) is 0 Å². The molecule has 0 saturated heterocycles. The molecule has 3 nitrogen and oxygen atoms in total. The van der Waals surface area contributed by atoms with Crippen molar-refractivity contribution >= 4 is 5.97 Å². The predicted octanol–water partition coefficient (Wildman–Crippen LogP) is 10.5. The van der Waals surface area contributed by atoms with Crippen molar-refractivity contribution < 1.29 is 9.53 Å². The van der Waals surface area contributed by atoms with Crippen molar-refractivity contribution in [1.82, 2.24) is 4.90 Å². The molecule has 37 heavy (non-hydrogen) atoms. The highest BCUT2D eigenvalue weighted by atomic mass is 16.5. The number of ether oxygens (including phenoxy) is 1. The fraction of sp³-hybridized carbons (Fsp3) is 0.971. The average Bonchev–Trinajstić information content (AvgIpc) is 3.62. The van der Waals surface area contributed by atoms with Gasteiger partial charge in [0.15, 0.2) is 0 Å². The van der Waals surface area contributed by atoms with Crippen LogP contribution in [0.4, 0.5) is 0 Å². The summed E-state index contributed by atoms with van der Waals surface area (Å²) < 4.78 is 5.96. The Morgan fingerprint density at radius 3 is 1.54 bits per heavy atom. The third-order valence-electron chi connectivity index (χ3n) is 8.51. The Morgan fingerprint density at radius 2 is 1.08 bits per heavy atom. The van der Waals surface area contributed by atoms with Gasteiger partial charge >= 0.3 is 5.97 Å². The van der Waals surface area contributed by atoms with E-state index in [-0.39, 0.29) is 12.1 Å². The van der Waals surface area contributed by atoms with Crippen molar-refractivity contribution in [1.29, 1.82) is 0 Å². The fourth-order valence-electron chi connectivity index (χ4n) is 5.89. The third-order valence-corrected chi connectivity index (χ3v) is 8.51. The third kappa shape index (κ3) is 22.0. The molecular formula is C34H67NO2.